The standard InChI is InChI=1S/C19H15FN2O2S/c1-12(23)21-17-11-14(7-8-16(17)20)22-19(24)18-15(9-10-25-18)13-5-3-2-4-6-13/h2-11H,1H3,(H,21,23)(H,22,24). The second-order valence-electron chi connectivity index (χ2n) is 5.36. The lowest BCUT2D eigenvalue weighted by Crippen LogP contribution is -2.13. The normalized spacial score (nSPS) is 10.3. The molecule has 0 atom stereocenters. The molecule has 0 aliphatic heterocycles. The maximum atomic E-state index is 13.7. The SMILES string of the molecule is CC(=O)Nc1cc(NC(=O)c2sccc2-c2ccccc2)ccc1F. The van der Waals surface area contributed by atoms with E-state index in [4.69, 9.17) is 0 Å². The fourth-order valence-corrected chi connectivity index (χ4v) is 3.22. The lowest BCUT2D eigenvalue weighted by atomic mass is 10.1. The van der Waals surface area contributed by atoms with Crippen molar-refractivity contribution in [2.45, 2.75) is 6.92 Å². The van der Waals surface area contributed by atoms with Gasteiger partial charge in [-0.15, -0.1) is 11.3 Å². The highest BCUT2D eigenvalue weighted by molar-refractivity contribution is 7.12. The van der Waals surface area contributed by atoms with Crippen LogP contribution in [-0.2, 0) is 4.79 Å². The number of hydrogen-bond acceptors (Lipinski definition) is 3. The maximum absolute atomic E-state index is 13.7. The number of benzene rings is 2. The number of carbonyl (C=O) groups excluding carboxylic acids is 2. The van der Waals surface area contributed by atoms with E-state index >= 15 is 0 Å². The van der Waals surface area contributed by atoms with Crippen LogP contribution in [0, 0.1) is 5.82 Å². The number of nitrogens with one attached hydrogen (secondary N) is 2. The van der Waals surface area contributed by atoms with Crippen LogP contribution in [0.2, 0.25) is 0 Å². The summed E-state index contributed by atoms with van der Waals surface area (Å²) in [7, 11) is 0. The van der Waals surface area contributed by atoms with Gasteiger partial charge in [0.15, 0.2) is 0 Å². The van der Waals surface area contributed by atoms with E-state index < -0.39 is 5.82 Å². The van der Waals surface area contributed by atoms with Gasteiger partial charge in [-0.2, -0.15) is 0 Å². The second-order valence-corrected chi connectivity index (χ2v) is 6.28. The zero-order valence-corrected chi connectivity index (χ0v) is 14.2. The lowest BCUT2D eigenvalue weighted by molar-refractivity contribution is -0.114. The zero-order valence-electron chi connectivity index (χ0n) is 13.4. The number of amides is 2. The summed E-state index contributed by atoms with van der Waals surface area (Å²) in [6.07, 6.45) is 0. The Morgan fingerprint density at radius 2 is 1.76 bits per heavy atom. The summed E-state index contributed by atoms with van der Waals surface area (Å²) in [5.74, 6) is -1.23. The summed E-state index contributed by atoms with van der Waals surface area (Å²) in [4.78, 5) is 24.3. The lowest BCUT2D eigenvalue weighted by Gasteiger charge is -2.09. The van der Waals surface area contributed by atoms with E-state index in [2.05, 4.69) is 10.6 Å². The summed E-state index contributed by atoms with van der Waals surface area (Å²) in [5, 5.41) is 7.00. The van der Waals surface area contributed by atoms with Crippen molar-refractivity contribution in [2.75, 3.05) is 10.6 Å². The molecule has 25 heavy (non-hydrogen) atoms. The number of carbonyl (C=O) groups is 2. The van der Waals surface area contributed by atoms with Gasteiger partial charge in [-0.25, -0.2) is 4.39 Å². The van der Waals surface area contributed by atoms with E-state index in [0.29, 0.717) is 10.6 Å². The van der Waals surface area contributed by atoms with Crippen LogP contribution in [0.4, 0.5) is 15.8 Å². The molecule has 0 aliphatic rings. The minimum Gasteiger partial charge on any atom is -0.324 e. The monoisotopic (exact) mass is 354 g/mol. The molecule has 1 heterocycles. The first kappa shape index (κ1) is 16.9. The highest BCUT2D eigenvalue weighted by Gasteiger charge is 2.15. The van der Waals surface area contributed by atoms with Gasteiger partial charge in [0.1, 0.15) is 5.82 Å². The van der Waals surface area contributed by atoms with Gasteiger partial charge >= 0.3 is 0 Å². The van der Waals surface area contributed by atoms with E-state index in [1.165, 1.54) is 36.5 Å². The summed E-state index contributed by atoms with van der Waals surface area (Å²) in [6.45, 7) is 1.29. The third-order valence-electron chi connectivity index (χ3n) is 3.49. The molecule has 1 aromatic heterocycles. The molecule has 0 saturated carbocycles. The van der Waals surface area contributed by atoms with Gasteiger partial charge in [0.25, 0.3) is 5.91 Å². The molecule has 4 nitrogen and oxygen atoms in total. The first-order valence-electron chi connectivity index (χ1n) is 7.56. The molecule has 0 saturated heterocycles. The average Bonchev–Trinajstić information content (AvgIpc) is 3.08. The predicted molar refractivity (Wildman–Crippen MR) is 98.4 cm³/mol. The molecule has 0 unspecified atom stereocenters. The van der Waals surface area contributed by atoms with E-state index in [-0.39, 0.29) is 17.5 Å². The Labute approximate surface area is 148 Å². The van der Waals surface area contributed by atoms with Crippen LogP contribution in [0.15, 0.2) is 60.0 Å². The van der Waals surface area contributed by atoms with E-state index in [0.717, 1.165) is 11.1 Å². The molecule has 0 radical (unpaired) electrons. The van der Waals surface area contributed by atoms with E-state index in [1.54, 1.807) is 0 Å². The van der Waals surface area contributed by atoms with Crippen LogP contribution >= 0.6 is 11.3 Å². The minimum atomic E-state index is -0.561. The second kappa shape index (κ2) is 7.27. The van der Waals surface area contributed by atoms with Crippen molar-refractivity contribution in [3.05, 3.63) is 70.7 Å². The molecular weight excluding hydrogens is 339 g/mol. The van der Waals surface area contributed by atoms with Crippen LogP contribution in [0.1, 0.15) is 16.6 Å². The number of halogens is 1. The zero-order chi connectivity index (χ0) is 17.8. The van der Waals surface area contributed by atoms with Crippen LogP contribution in [-0.4, -0.2) is 11.8 Å². The van der Waals surface area contributed by atoms with Gasteiger partial charge in [-0.05, 0) is 35.2 Å². The number of thiophene rings is 1. The Morgan fingerprint density at radius 1 is 1.00 bits per heavy atom. The smallest absolute Gasteiger partial charge is 0.266 e. The Kier molecular flexibility index (Phi) is 4.90. The Bertz CT molecular complexity index is 922. The molecule has 2 aromatic carbocycles. The summed E-state index contributed by atoms with van der Waals surface area (Å²) < 4.78 is 13.7. The molecule has 0 spiro atoms. The number of hydrogen-bond donors (Lipinski definition) is 2. The van der Waals surface area contributed by atoms with E-state index in [1.807, 2.05) is 41.8 Å². The maximum Gasteiger partial charge on any atom is 0.266 e. The van der Waals surface area contributed by atoms with Crippen molar-refractivity contribution >= 4 is 34.5 Å². The summed E-state index contributed by atoms with van der Waals surface area (Å²) >= 11 is 1.33. The molecular formula is C19H15FN2O2S. The third-order valence-corrected chi connectivity index (χ3v) is 4.40. The van der Waals surface area contributed by atoms with Gasteiger partial charge < -0.3 is 10.6 Å². The molecule has 0 fully saturated rings. The molecule has 0 bridgehead atoms. The molecule has 3 rings (SSSR count). The third kappa shape index (κ3) is 3.92. The molecule has 2 N–H and O–H groups in total. The van der Waals surface area contributed by atoms with Crippen molar-refractivity contribution in [2.24, 2.45) is 0 Å². The minimum absolute atomic E-state index is 0.0276. The van der Waals surface area contributed by atoms with Crippen LogP contribution < -0.4 is 10.6 Å². The molecule has 126 valence electrons. The fourth-order valence-electron chi connectivity index (χ4n) is 2.41. The number of anilines is 2. The van der Waals surface area contributed by atoms with Gasteiger partial charge in [0.2, 0.25) is 5.91 Å². The van der Waals surface area contributed by atoms with Crippen molar-refractivity contribution < 1.29 is 14.0 Å². The Hall–Kier alpha value is -2.99. The van der Waals surface area contributed by atoms with Gasteiger partial charge in [0.05, 0.1) is 10.6 Å². The number of rotatable bonds is 4. The predicted octanol–water partition coefficient (Wildman–Crippen LogP) is 4.76. The van der Waals surface area contributed by atoms with Gasteiger partial charge in [-0.3, -0.25) is 9.59 Å². The summed E-state index contributed by atoms with van der Waals surface area (Å²) in [5.41, 5.74) is 2.22. The van der Waals surface area contributed by atoms with Gasteiger partial charge in [-0.1, -0.05) is 30.3 Å². The first-order valence-corrected chi connectivity index (χ1v) is 8.44. The molecule has 0 aliphatic carbocycles. The highest BCUT2D eigenvalue weighted by Crippen LogP contribution is 2.29. The van der Waals surface area contributed by atoms with Crippen molar-refractivity contribution in [3.8, 4) is 11.1 Å². The van der Waals surface area contributed by atoms with Crippen LogP contribution in [0.5, 0.6) is 0 Å². The molecule has 6 heteroatoms. The van der Waals surface area contributed by atoms with Crippen LogP contribution in [0.3, 0.4) is 0 Å². The van der Waals surface area contributed by atoms with Crippen molar-refractivity contribution in [1.82, 2.24) is 0 Å². The average molecular weight is 354 g/mol. The summed E-state index contributed by atoms with van der Waals surface area (Å²) in [6, 6.07) is 15.5. The Morgan fingerprint density at radius 3 is 2.48 bits per heavy atom. The Balaban J connectivity index is 1.84. The van der Waals surface area contributed by atoms with Crippen molar-refractivity contribution in [1.29, 1.82) is 0 Å². The highest BCUT2D eigenvalue weighted by atomic mass is 32.1. The topological polar surface area (TPSA) is 58.2 Å². The van der Waals surface area contributed by atoms with Crippen LogP contribution in [0.25, 0.3) is 11.1 Å². The van der Waals surface area contributed by atoms with Crippen molar-refractivity contribution in [3.63, 3.8) is 0 Å². The van der Waals surface area contributed by atoms with E-state index in [9.17, 15) is 14.0 Å². The largest absolute Gasteiger partial charge is 0.324 e. The first-order chi connectivity index (χ1) is 12.0. The molecule has 3 aromatic rings. The molecule has 2 amide bonds. The van der Waals surface area contributed by atoms with Gasteiger partial charge in [0, 0.05) is 18.2 Å². The quantitative estimate of drug-likeness (QED) is 0.709. The fraction of sp³-hybridized carbons (Fsp3) is 0.0526.